The van der Waals surface area contributed by atoms with Crippen LogP contribution in [0.15, 0.2) is 18.2 Å². The number of hydrogen-bond acceptors (Lipinski definition) is 2. The first-order valence-electron chi connectivity index (χ1n) is 4.55. The third-order valence-corrected chi connectivity index (χ3v) is 2.36. The van der Waals surface area contributed by atoms with Gasteiger partial charge in [0.2, 0.25) is 5.91 Å². The fraction of sp³-hybridized carbons (Fsp3) is 0.300. The smallest absolute Gasteiger partial charge is 0.256 e. The van der Waals surface area contributed by atoms with Crippen molar-refractivity contribution in [2.24, 2.45) is 0 Å². The van der Waals surface area contributed by atoms with E-state index in [1.54, 1.807) is 18.2 Å². The van der Waals surface area contributed by atoms with Gasteiger partial charge in [-0.1, -0.05) is 0 Å². The molecule has 5 heteroatoms. The molecule has 1 aliphatic heterocycles. The largest absolute Gasteiger partial charge is 0.399 e. The van der Waals surface area contributed by atoms with Crippen LogP contribution in [0.2, 0.25) is 0 Å². The molecule has 0 aliphatic carbocycles. The third-order valence-electron chi connectivity index (χ3n) is 2.36. The summed E-state index contributed by atoms with van der Waals surface area (Å²) in [5.74, 6) is -0.295. The molecular weight excluding hydrogens is 202 g/mol. The quantitative estimate of drug-likeness (QED) is 0.753. The molecule has 1 aromatic rings. The molecule has 1 amide bonds. The molecule has 0 saturated heterocycles. The minimum atomic E-state index is -2.52. The van der Waals surface area contributed by atoms with Gasteiger partial charge >= 0.3 is 0 Å². The van der Waals surface area contributed by atoms with E-state index in [4.69, 9.17) is 5.73 Å². The Bertz CT molecular complexity index is 406. The fourth-order valence-electron chi connectivity index (χ4n) is 1.74. The second-order valence-electron chi connectivity index (χ2n) is 3.46. The minimum absolute atomic E-state index is 0.160. The minimum Gasteiger partial charge on any atom is -0.399 e. The average Bonchev–Trinajstić information content (AvgIpc) is 2.41. The molecular formula is C10H10F2N2O. The molecule has 0 atom stereocenters. The first-order valence-corrected chi connectivity index (χ1v) is 4.55. The van der Waals surface area contributed by atoms with Crippen LogP contribution in [0.5, 0.6) is 0 Å². The number of anilines is 2. The van der Waals surface area contributed by atoms with Gasteiger partial charge in [-0.3, -0.25) is 4.79 Å². The lowest BCUT2D eigenvalue weighted by atomic mass is 10.1. The molecule has 0 saturated carbocycles. The summed E-state index contributed by atoms with van der Waals surface area (Å²) in [6, 6.07) is 4.87. The van der Waals surface area contributed by atoms with Crippen LogP contribution in [0.25, 0.3) is 0 Å². The molecule has 2 N–H and O–H groups in total. The molecule has 0 unspecified atom stereocenters. The van der Waals surface area contributed by atoms with E-state index >= 15 is 0 Å². The first kappa shape index (κ1) is 9.89. The topological polar surface area (TPSA) is 46.3 Å². The number of fused-ring (bicyclic) bond motifs is 1. The van der Waals surface area contributed by atoms with Crippen LogP contribution in [-0.4, -0.2) is 18.9 Å². The lowest BCUT2D eigenvalue weighted by Gasteiger charge is -2.16. The predicted molar refractivity (Wildman–Crippen MR) is 52.9 cm³/mol. The molecule has 3 nitrogen and oxygen atoms in total. The zero-order valence-corrected chi connectivity index (χ0v) is 7.91. The Kier molecular flexibility index (Phi) is 2.30. The van der Waals surface area contributed by atoms with Crippen molar-refractivity contribution >= 4 is 17.3 Å². The van der Waals surface area contributed by atoms with Gasteiger partial charge in [0.05, 0.1) is 13.0 Å². The zero-order chi connectivity index (χ0) is 11.0. The van der Waals surface area contributed by atoms with Crippen LogP contribution in [0.4, 0.5) is 20.2 Å². The SMILES string of the molecule is Nc1ccc2c(c1)CC(=O)N2CC(F)F. The van der Waals surface area contributed by atoms with Crippen LogP contribution in [0, 0.1) is 0 Å². The molecule has 0 aromatic heterocycles. The lowest BCUT2D eigenvalue weighted by Crippen LogP contribution is -2.31. The molecule has 0 fully saturated rings. The van der Waals surface area contributed by atoms with Gasteiger partial charge in [-0.25, -0.2) is 8.78 Å². The first-order chi connectivity index (χ1) is 7.08. The highest BCUT2D eigenvalue weighted by molar-refractivity contribution is 6.01. The number of alkyl halides is 2. The summed E-state index contributed by atoms with van der Waals surface area (Å²) in [6.45, 7) is -0.546. The highest BCUT2D eigenvalue weighted by Gasteiger charge is 2.29. The van der Waals surface area contributed by atoms with E-state index in [-0.39, 0.29) is 12.3 Å². The summed E-state index contributed by atoms with van der Waals surface area (Å²) in [5.41, 5.74) is 7.36. The Balaban J connectivity index is 2.33. The molecule has 2 rings (SSSR count). The number of halogens is 2. The number of carbonyl (C=O) groups excluding carboxylic acids is 1. The molecule has 0 spiro atoms. The standard InChI is InChI=1S/C10H10F2N2O/c11-9(12)5-14-8-2-1-7(13)3-6(8)4-10(14)15/h1-3,9H,4-5,13H2. The number of nitrogen functional groups attached to an aromatic ring is 1. The third kappa shape index (κ3) is 1.77. The average molecular weight is 212 g/mol. The Morgan fingerprint density at radius 3 is 2.87 bits per heavy atom. The Labute approximate surface area is 85.5 Å². The number of benzene rings is 1. The summed E-state index contributed by atoms with van der Waals surface area (Å²) in [7, 11) is 0. The van der Waals surface area contributed by atoms with E-state index in [1.165, 1.54) is 0 Å². The van der Waals surface area contributed by atoms with Crippen LogP contribution >= 0.6 is 0 Å². The van der Waals surface area contributed by atoms with Crippen molar-refractivity contribution in [1.82, 2.24) is 0 Å². The van der Waals surface area contributed by atoms with Crippen molar-refractivity contribution in [2.75, 3.05) is 17.2 Å². The van der Waals surface area contributed by atoms with E-state index in [1.807, 2.05) is 0 Å². The van der Waals surface area contributed by atoms with Crippen LogP contribution in [-0.2, 0) is 11.2 Å². The van der Waals surface area contributed by atoms with Gasteiger partial charge in [-0.15, -0.1) is 0 Å². The highest BCUT2D eigenvalue weighted by Crippen LogP contribution is 2.30. The van der Waals surface area contributed by atoms with Gasteiger partial charge in [-0.2, -0.15) is 0 Å². The normalized spacial score (nSPS) is 14.9. The summed E-state index contributed by atoms with van der Waals surface area (Å²) in [4.78, 5) is 12.5. The highest BCUT2D eigenvalue weighted by atomic mass is 19.3. The number of nitrogens with two attached hydrogens (primary N) is 1. The number of amides is 1. The summed E-state index contributed by atoms with van der Waals surface area (Å²) >= 11 is 0. The van der Waals surface area contributed by atoms with Crippen molar-refractivity contribution in [3.63, 3.8) is 0 Å². The van der Waals surface area contributed by atoms with Crippen LogP contribution in [0.3, 0.4) is 0 Å². The molecule has 0 radical (unpaired) electrons. The van der Waals surface area contributed by atoms with Crippen LogP contribution in [0.1, 0.15) is 5.56 Å². The fourth-order valence-corrected chi connectivity index (χ4v) is 1.74. The predicted octanol–water partition coefficient (Wildman–Crippen LogP) is 1.42. The summed E-state index contributed by atoms with van der Waals surface area (Å²) < 4.78 is 24.4. The maximum Gasteiger partial charge on any atom is 0.256 e. The van der Waals surface area contributed by atoms with E-state index in [0.717, 1.165) is 10.5 Å². The summed E-state index contributed by atoms with van der Waals surface area (Å²) in [5, 5.41) is 0. The van der Waals surface area contributed by atoms with Crippen molar-refractivity contribution in [1.29, 1.82) is 0 Å². The van der Waals surface area contributed by atoms with Crippen molar-refractivity contribution in [2.45, 2.75) is 12.8 Å². The van der Waals surface area contributed by atoms with Crippen molar-refractivity contribution < 1.29 is 13.6 Å². The second kappa shape index (κ2) is 3.49. The Morgan fingerprint density at radius 1 is 1.47 bits per heavy atom. The number of hydrogen-bond donors (Lipinski definition) is 1. The van der Waals surface area contributed by atoms with E-state index in [2.05, 4.69) is 0 Å². The van der Waals surface area contributed by atoms with Gasteiger partial charge in [-0.05, 0) is 23.8 Å². The molecule has 15 heavy (non-hydrogen) atoms. The molecule has 0 bridgehead atoms. The number of rotatable bonds is 2. The second-order valence-corrected chi connectivity index (χ2v) is 3.46. The van der Waals surface area contributed by atoms with Gasteiger partial charge in [0.15, 0.2) is 0 Å². The maximum atomic E-state index is 12.2. The monoisotopic (exact) mass is 212 g/mol. The van der Waals surface area contributed by atoms with Gasteiger partial charge in [0.25, 0.3) is 6.43 Å². The molecule has 1 heterocycles. The number of nitrogens with zero attached hydrogens (tertiary/aromatic N) is 1. The maximum absolute atomic E-state index is 12.2. The van der Waals surface area contributed by atoms with Crippen molar-refractivity contribution in [3.8, 4) is 0 Å². The number of carbonyl (C=O) groups is 1. The van der Waals surface area contributed by atoms with Gasteiger partial charge in [0.1, 0.15) is 0 Å². The van der Waals surface area contributed by atoms with E-state index in [0.29, 0.717) is 11.4 Å². The van der Waals surface area contributed by atoms with Crippen LogP contribution < -0.4 is 10.6 Å². The summed E-state index contributed by atoms with van der Waals surface area (Å²) in [6.07, 6.45) is -2.36. The molecule has 1 aliphatic rings. The molecule has 80 valence electrons. The Morgan fingerprint density at radius 2 is 2.20 bits per heavy atom. The van der Waals surface area contributed by atoms with Crippen molar-refractivity contribution in [3.05, 3.63) is 23.8 Å². The zero-order valence-electron chi connectivity index (χ0n) is 7.91. The van der Waals surface area contributed by atoms with E-state index in [9.17, 15) is 13.6 Å². The van der Waals surface area contributed by atoms with Gasteiger partial charge in [0, 0.05) is 11.4 Å². The van der Waals surface area contributed by atoms with E-state index < -0.39 is 13.0 Å². The molecule has 1 aromatic carbocycles. The Hall–Kier alpha value is -1.65. The lowest BCUT2D eigenvalue weighted by molar-refractivity contribution is -0.117. The van der Waals surface area contributed by atoms with Gasteiger partial charge < -0.3 is 10.6 Å².